The topological polar surface area (TPSA) is 95.6 Å². The van der Waals surface area contributed by atoms with E-state index < -0.39 is 27.5 Å². The van der Waals surface area contributed by atoms with Gasteiger partial charge in [0.05, 0.1) is 11.4 Å². The third-order valence-electron chi connectivity index (χ3n) is 5.69. The Balaban J connectivity index is 1.85. The average Bonchev–Trinajstić information content (AvgIpc) is 2.81. The highest BCUT2D eigenvalue weighted by molar-refractivity contribution is 7.89. The van der Waals surface area contributed by atoms with Crippen molar-refractivity contribution in [3.05, 3.63) is 77.9 Å². The van der Waals surface area contributed by atoms with Gasteiger partial charge in [-0.15, -0.1) is 0 Å². The van der Waals surface area contributed by atoms with Crippen LogP contribution in [-0.2, 0) is 26.2 Å². The molecule has 0 spiro atoms. The summed E-state index contributed by atoms with van der Waals surface area (Å²) in [6, 6.07) is 19.0. The monoisotopic (exact) mass is 509 g/mol. The second-order valence-corrected chi connectivity index (χ2v) is 11.8. The second kappa shape index (κ2) is 11.2. The largest absolute Gasteiger partial charge is 0.350 e. The Kier molecular flexibility index (Phi) is 8.53. The van der Waals surface area contributed by atoms with Gasteiger partial charge in [0.25, 0.3) is 0 Å². The van der Waals surface area contributed by atoms with E-state index in [1.165, 1.54) is 11.0 Å². The summed E-state index contributed by atoms with van der Waals surface area (Å²) in [6.45, 7) is 9.31. The Morgan fingerprint density at radius 2 is 1.58 bits per heavy atom. The van der Waals surface area contributed by atoms with Gasteiger partial charge in [0.1, 0.15) is 6.04 Å². The molecule has 0 aliphatic carbocycles. The molecule has 0 fully saturated rings. The number of hydrogen-bond acceptors (Lipinski definition) is 4. The molecule has 2 N–H and O–H groups in total. The van der Waals surface area contributed by atoms with Gasteiger partial charge in [-0.25, -0.2) is 8.42 Å². The lowest BCUT2D eigenvalue weighted by Gasteiger charge is -2.29. The average molecular weight is 510 g/mol. The van der Waals surface area contributed by atoms with Crippen molar-refractivity contribution in [3.8, 4) is 0 Å². The van der Waals surface area contributed by atoms with Crippen LogP contribution < -0.4 is 10.0 Å². The van der Waals surface area contributed by atoms with E-state index >= 15 is 0 Å². The Bertz CT molecular complexity index is 1330. The number of sulfonamides is 1. The van der Waals surface area contributed by atoms with Gasteiger partial charge in [-0.05, 0) is 62.6 Å². The van der Waals surface area contributed by atoms with Crippen molar-refractivity contribution in [1.82, 2.24) is 14.9 Å². The summed E-state index contributed by atoms with van der Waals surface area (Å²) in [5, 5.41) is 4.59. The van der Waals surface area contributed by atoms with E-state index in [1.54, 1.807) is 19.1 Å². The van der Waals surface area contributed by atoms with Crippen LogP contribution >= 0.6 is 0 Å². The molecule has 7 nitrogen and oxygen atoms in total. The predicted molar refractivity (Wildman–Crippen MR) is 143 cm³/mol. The molecule has 0 saturated heterocycles. The molecule has 0 aromatic heterocycles. The first-order valence-corrected chi connectivity index (χ1v) is 13.5. The molecule has 0 bridgehead atoms. The van der Waals surface area contributed by atoms with Gasteiger partial charge in [0.15, 0.2) is 0 Å². The number of amides is 2. The van der Waals surface area contributed by atoms with E-state index in [0.29, 0.717) is 0 Å². The molecular weight excluding hydrogens is 474 g/mol. The van der Waals surface area contributed by atoms with E-state index in [-0.39, 0.29) is 30.3 Å². The molecule has 192 valence electrons. The van der Waals surface area contributed by atoms with Gasteiger partial charge in [-0.3, -0.25) is 9.59 Å². The highest BCUT2D eigenvalue weighted by Gasteiger charge is 2.30. The number of nitrogens with one attached hydrogen (secondary N) is 2. The minimum absolute atomic E-state index is 0.0861. The first-order chi connectivity index (χ1) is 16.9. The number of hydrogen-bond donors (Lipinski definition) is 2. The van der Waals surface area contributed by atoms with Crippen LogP contribution in [0.5, 0.6) is 0 Å². The fourth-order valence-corrected chi connectivity index (χ4v) is 5.18. The zero-order chi connectivity index (χ0) is 26.5. The summed E-state index contributed by atoms with van der Waals surface area (Å²) in [6.07, 6.45) is 0.233. The zero-order valence-electron chi connectivity index (χ0n) is 21.5. The van der Waals surface area contributed by atoms with Crippen molar-refractivity contribution in [2.75, 3.05) is 6.54 Å². The van der Waals surface area contributed by atoms with Gasteiger partial charge in [-0.1, -0.05) is 67.1 Å². The maximum absolute atomic E-state index is 13.6. The molecule has 0 aliphatic heterocycles. The summed E-state index contributed by atoms with van der Waals surface area (Å²) < 4.78 is 29.0. The van der Waals surface area contributed by atoms with Gasteiger partial charge in [-0.2, -0.15) is 4.72 Å². The van der Waals surface area contributed by atoms with Gasteiger partial charge < -0.3 is 10.2 Å². The highest BCUT2D eigenvalue weighted by atomic mass is 32.2. The normalized spacial score (nSPS) is 12.8. The van der Waals surface area contributed by atoms with Crippen molar-refractivity contribution in [2.24, 2.45) is 0 Å². The standard InChI is InChI=1S/C28H35N3O4S/c1-6-25(30-36(34,35)24-16-15-22-9-7-8-10-23(22)17-24)27(33)31(19-26(32)29-28(3,4)5)18-21-13-11-20(2)12-14-21/h7-17,25,30H,6,18-19H2,1-5H3,(H,29,32)/t25-/m1/s1. The molecule has 0 unspecified atom stereocenters. The number of carbonyl (C=O) groups is 2. The number of aryl methyl sites for hydroxylation is 1. The van der Waals surface area contributed by atoms with Crippen LogP contribution in [0.3, 0.4) is 0 Å². The zero-order valence-corrected chi connectivity index (χ0v) is 22.4. The van der Waals surface area contributed by atoms with Crippen LogP contribution in [0.4, 0.5) is 0 Å². The van der Waals surface area contributed by atoms with E-state index in [4.69, 9.17) is 0 Å². The molecule has 2 amide bonds. The number of carbonyl (C=O) groups excluding carboxylic acids is 2. The number of benzene rings is 3. The number of fused-ring (bicyclic) bond motifs is 1. The molecule has 0 aliphatic rings. The van der Waals surface area contributed by atoms with Crippen molar-refractivity contribution in [3.63, 3.8) is 0 Å². The molecule has 3 aromatic carbocycles. The van der Waals surface area contributed by atoms with Gasteiger partial charge >= 0.3 is 0 Å². The number of rotatable bonds is 9. The highest BCUT2D eigenvalue weighted by Crippen LogP contribution is 2.20. The van der Waals surface area contributed by atoms with Crippen LogP contribution in [0, 0.1) is 6.92 Å². The van der Waals surface area contributed by atoms with Gasteiger partial charge in [0, 0.05) is 12.1 Å². The minimum Gasteiger partial charge on any atom is -0.350 e. The lowest BCUT2D eigenvalue weighted by molar-refractivity contribution is -0.138. The maximum atomic E-state index is 13.6. The minimum atomic E-state index is -3.98. The third-order valence-corrected chi connectivity index (χ3v) is 7.16. The van der Waals surface area contributed by atoms with E-state index in [2.05, 4.69) is 10.0 Å². The summed E-state index contributed by atoms with van der Waals surface area (Å²) in [4.78, 5) is 27.8. The van der Waals surface area contributed by atoms with E-state index in [1.807, 2.05) is 76.2 Å². The summed E-state index contributed by atoms with van der Waals surface area (Å²) in [5.41, 5.74) is 1.47. The van der Waals surface area contributed by atoms with Crippen molar-refractivity contribution in [2.45, 2.75) is 64.1 Å². The fraction of sp³-hybridized carbons (Fsp3) is 0.357. The molecule has 0 heterocycles. The van der Waals surface area contributed by atoms with E-state index in [9.17, 15) is 18.0 Å². The van der Waals surface area contributed by atoms with Crippen molar-refractivity contribution < 1.29 is 18.0 Å². The molecular formula is C28H35N3O4S. The van der Waals surface area contributed by atoms with E-state index in [0.717, 1.165) is 21.9 Å². The molecule has 8 heteroatoms. The van der Waals surface area contributed by atoms with Crippen LogP contribution in [0.15, 0.2) is 71.6 Å². The summed E-state index contributed by atoms with van der Waals surface area (Å²) >= 11 is 0. The molecule has 0 saturated carbocycles. The smallest absolute Gasteiger partial charge is 0.241 e. The lowest BCUT2D eigenvalue weighted by atomic mass is 10.1. The van der Waals surface area contributed by atoms with Crippen LogP contribution in [0.1, 0.15) is 45.2 Å². The quantitative estimate of drug-likeness (QED) is 0.453. The SMILES string of the molecule is CC[C@@H](NS(=O)(=O)c1ccc2ccccc2c1)C(=O)N(CC(=O)NC(C)(C)C)Cc1ccc(C)cc1. The maximum Gasteiger partial charge on any atom is 0.241 e. The first kappa shape index (κ1) is 27.4. The van der Waals surface area contributed by atoms with Gasteiger partial charge in [0.2, 0.25) is 21.8 Å². The third kappa shape index (κ3) is 7.38. The Morgan fingerprint density at radius 3 is 2.19 bits per heavy atom. The van der Waals surface area contributed by atoms with Crippen molar-refractivity contribution >= 4 is 32.6 Å². The second-order valence-electron chi connectivity index (χ2n) is 10.1. The fourth-order valence-electron chi connectivity index (χ4n) is 3.88. The molecule has 0 radical (unpaired) electrons. The van der Waals surface area contributed by atoms with Crippen molar-refractivity contribution in [1.29, 1.82) is 0 Å². The summed E-state index contributed by atoms with van der Waals surface area (Å²) in [7, 11) is -3.98. The molecule has 36 heavy (non-hydrogen) atoms. The Morgan fingerprint density at radius 1 is 0.944 bits per heavy atom. The summed E-state index contributed by atoms with van der Waals surface area (Å²) in [5.74, 6) is -0.762. The lowest BCUT2D eigenvalue weighted by Crippen LogP contribution is -2.52. The molecule has 1 atom stereocenters. The first-order valence-electron chi connectivity index (χ1n) is 12.0. The number of nitrogens with zero attached hydrogens (tertiary/aromatic N) is 1. The van der Waals surface area contributed by atoms with Crippen LogP contribution in [0.2, 0.25) is 0 Å². The Hall–Kier alpha value is -3.23. The predicted octanol–water partition coefficient (Wildman–Crippen LogP) is 4.15. The molecule has 3 rings (SSSR count). The van der Waals surface area contributed by atoms with Crippen LogP contribution in [0.25, 0.3) is 10.8 Å². The van der Waals surface area contributed by atoms with Crippen LogP contribution in [-0.4, -0.2) is 43.3 Å². The Labute approximate surface area is 213 Å². The molecule has 3 aromatic rings.